The maximum absolute atomic E-state index is 7.04. The SMILES string of the molecule is COc1cccc(-n2c(C)cc([C@@H]3[C@@H](c4ccccn4)NC(=S)N3c3ccc(N4C[C@H](C)C[C@H](C)C4)c(Cl)c3)c2C)c1. The topological polar surface area (TPSA) is 45.6 Å². The lowest BCUT2D eigenvalue weighted by atomic mass is 9.91. The van der Waals surface area contributed by atoms with E-state index in [4.69, 9.17) is 33.5 Å². The molecule has 0 aliphatic carbocycles. The number of methoxy groups -OCH3 is 1. The molecule has 218 valence electrons. The molecule has 2 aliphatic heterocycles. The largest absolute Gasteiger partial charge is 0.497 e. The number of hydrogen-bond acceptors (Lipinski definition) is 4. The number of pyridine rings is 1. The molecular formula is C34H38ClN5OS. The molecule has 0 bridgehead atoms. The first-order valence-corrected chi connectivity index (χ1v) is 15.4. The molecule has 2 saturated heterocycles. The van der Waals surface area contributed by atoms with Crippen molar-refractivity contribution in [3.8, 4) is 11.4 Å². The fraction of sp³-hybridized carbons (Fsp3) is 0.353. The van der Waals surface area contributed by atoms with Crippen molar-refractivity contribution < 1.29 is 4.74 Å². The Bertz CT molecular complexity index is 1590. The third-order valence-corrected chi connectivity index (χ3v) is 9.23. The number of halogens is 1. The average Bonchev–Trinajstić information content (AvgIpc) is 3.47. The van der Waals surface area contributed by atoms with E-state index in [0.29, 0.717) is 16.9 Å². The summed E-state index contributed by atoms with van der Waals surface area (Å²) in [5.41, 5.74) is 7.51. The van der Waals surface area contributed by atoms with Crippen LogP contribution in [0, 0.1) is 25.7 Å². The van der Waals surface area contributed by atoms with Crippen molar-refractivity contribution in [2.45, 2.75) is 46.2 Å². The zero-order chi connectivity index (χ0) is 29.5. The number of aryl methyl sites for hydroxylation is 1. The molecule has 4 heterocycles. The number of ether oxygens (including phenoxy) is 1. The monoisotopic (exact) mass is 599 g/mol. The minimum Gasteiger partial charge on any atom is -0.497 e. The Kier molecular flexibility index (Phi) is 7.90. The lowest BCUT2D eigenvalue weighted by molar-refractivity contribution is 0.357. The van der Waals surface area contributed by atoms with E-state index in [2.05, 4.69) is 89.8 Å². The van der Waals surface area contributed by atoms with Crippen molar-refractivity contribution in [2.24, 2.45) is 11.8 Å². The Morgan fingerprint density at radius 1 is 0.952 bits per heavy atom. The van der Waals surface area contributed by atoms with Crippen LogP contribution >= 0.6 is 23.8 Å². The van der Waals surface area contributed by atoms with Gasteiger partial charge in [-0.1, -0.05) is 37.6 Å². The Morgan fingerprint density at radius 3 is 2.43 bits per heavy atom. The maximum atomic E-state index is 7.04. The van der Waals surface area contributed by atoms with Gasteiger partial charge in [-0.25, -0.2) is 0 Å². The van der Waals surface area contributed by atoms with E-state index < -0.39 is 0 Å². The molecule has 1 N–H and O–H groups in total. The zero-order valence-corrected chi connectivity index (χ0v) is 26.4. The maximum Gasteiger partial charge on any atom is 0.174 e. The molecule has 2 aromatic heterocycles. The Hall–Kier alpha value is -3.55. The van der Waals surface area contributed by atoms with Gasteiger partial charge in [0.25, 0.3) is 0 Å². The van der Waals surface area contributed by atoms with Gasteiger partial charge in [0, 0.05) is 48.1 Å². The average molecular weight is 600 g/mol. The first-order chi connectivity index (χ1) is 20.2. The third-order valence-electron chi connectivity index (χ3n) is 8.62. The summed E-state index contributed by atoms with van der Waals surface area (Å²) in [5.74, 6) is 2.11. The van der Waals surface area contributed by atoms with Crippen LogP contribution in [0.3, 0.4) is 0 Å². The number of thiocarbonyl (C=S) groups is 1. The minimum atomic E-state index is -0.139. The number of hydrogen-bond donors (Lipinski definition) is 1. The van der Waals surface area contributed by atoms with Gasteiger partial charge >= 0.3 is 0 Å². The Balaban J connectivity index is 1.44. The zero-order valence-electron chi connectivity index (χ0n) is 24.8. The molecule has 4 atom stereocenters. The summed E-state index contributed by atoms with van der Waals surface area (Å²) < 4.78 is 7.81. The third kappa shape index (κ3) is 5.25. The summed E-state index contributed by atoms with van der Waals surface area (Å²) in [6.45, 7) is 11.0. The predicted molar refractivity (Wildman–Crippen MR) is 176 cm³/mol. The highest BCUT2D eigenvalue weighted by atomic mass is 35.5. The van der Waals surface area contributed by atoms with Crippen LogP contribution in [0.15, 0.2) is 72.9 Å². The van der Waals surface area contributed by atoms with Gasteiger partial charge in [-0.2, -0.15) is 0 Å². The van der Waals surface area contributed by atoms with Gasteiger partial charge in [0.05, 0.1) is 35.6 Å². The second-order valence-electron chi connectivity index (χ2n) is 11.8. The first kappa shape index (κ1) is 28.6. The molecular weight excluding hydrogens is 562 g/mol. The second kappa shape index (κ2) is 11.6. The first-order valence-electron chi connectivity index (χ1n) is 14.6. The van der Waals surface area contributed by atoms with Crippen molar-refractivity contribution in [1.29, 1.82) is 0 Å². The molecule has 0 radical (unpaired) electrons. The summed E-state index contributed by atoms with van der Waals surface area (Å²) in [6, 6.07) is 22.6. The number of rotatable bonds is 6. The van der Waals surface area contributed by atoms with Gasteiger partial charge in [0.2, 0.25) is 0 Å². The van der Waals surface area contributed by atoms with Crippen LogP contribution in [0.1, 0.15) is 55.0 Å². The molecule has 2 aromatic carbocycles. The molecule has 2 aliphatic rings. The highest BCUT2D eigenvalue weighted by molar-refractivity contribution is 7.80. The summed E-state index contributed by atoms with van der Waals surface area (Å²) in [7, 11) is 1.70. The van der Waals surface area contributed by atoms with Gasteiger partial charge in [0.1, 0.15) is 5.75 Å². The van der Waals surface area contributed by atoms with Crippen molar-refractivity contribution in [3.63, 3.8) is 0 Å². The van der Waals surface area contributed by atoms with Crippen LogP contribution < -0.4 is 19.9 Å². The van der Waals surface area contributed by atoms with E-state index in [0.717, 1.165) is 58.0 Å². The van der Waals surface area contributed by atoms with Crippen molar-refractivity contribution in [3.05, 3.63) is 101 Å². The minimum absolute atomic E-state index is 0.130. The number of piperidine rings is 1. The highest BCUT2D eigenvalue weighted by Gasteiger charge is 2.42. The van der Waals surface area contributed by atoms with Crippen LogP contribution in [0.25, 0.3) is 5.69 Å². The molecule has 2 fully saturated rings. The number of aromatic nitrogens is 2. The standard InChI is InChI=1S/C34H38ClN5OS/c1-21-15-22(2)20-38(19-21)31-13-12-26(18-29(31)35)40-33(32(37-34(40)42)30-11-6-7-14-36-30)28-16-23(3)39(24(28)4)25-9-8-10-27(17-25)41-5/h6-14,16-18,21-22,32-33H,15,19-20H2,1-5H3,(H,37,42)/t21-,22+,32-,33-/m1/s1. The van der Waals surface area contributed by atoms with Crippen LogP contribution in [-0.2, 0) is 0 Å². The van der Waals surface area contributed by atoms with Crippen LogP contribution in [0.5, 0.6) is 5.75 Å². The molecule has 0 saturated carbocycles. The smallest absolute Gasteiger partial charge is 0.174 e. The van der Waals surface area contributed by atoms with E-state index in [9.17, 15) is 0 Å². The fourth-order valence-corrected chi connectivity index (χ4v) is 7.58. The quantitative estimate of drug-likeness (QED) is 0.228. The highest BCUT2D eigenvalue weighted by Crippen LogP contribution is 2.45. The number of nitrogens with one attached hydrogen (secondary N) is 1. The second-order valence-corrected chi connectivity index (χ2v) is 12.6. The Morgan fingerprint density at radius 2 is 1.74 bits per heavy atom. The summed E-state index contributed by atoms with van der Waals surface area (Å²) in [6.07, 6.45) is 3.09. The van der Waals surface area contributed by atoms with E-state index >= 15 is 0 Å². The van der Waals surface area contributed by atoms with Crippen LogP contribution in [-0.4, -0.2) is 34.9 Å². The number of anilines is 2. The molecule has 0 unspecified atom stereocenters. The Labute approximate surface area is 259 Å². The van der Waals surface area contributed by atoms with Crippen LogP contribution in [0.4, 0.5) is 11.4 Å². The van der Waals surface area contributed by atoms with Gasteiger partial charge in [0.15, 0.2) is 5.11 Å². The van der Waals surface area contributed by atoms with E-state index in [1.807, 2.05) is 30.5 Å². The molecule has 6 nitrogen and oxygen atoms in total. The van der Waals surface area contributed by atoms with E-state index in [-0.39, 0.29) is 12.1 Å². The fourth-order valence-electron chi connectivity index (χ4n) is 6.94. The lowest BCUT2D eigenvalue weighted by Crippen LogP contribution is -2.38. The summed E-state index contributed by atoms with van der Waals surface area (Å²) >= 11 is 13.1. The summed E-state index contributed by atoms with van der Waals surface area (Å²) in [5, 5.41) is 5.01. The molecule has 42 heavy (non-hydrogen) atoms. The lowest BCUT2D eigenvalue weighted by Gasteiger charge is -2.37. The number of benzene rings is 2. The van der Waals surface area contributed by atoms with Crippen molar-refractivity contribution >= 4 is 40.3 Å². The van der Waals surface area contributed by atoms with Crippen LogP contribution in [0.2, 0.25) is 5.02 Å². The summed E-state index contributed by atoms with van der Waals surface area (Å²) in [4.78, 5) is 9.38. The molecule has 0 amide bonds. The molecule has 8 heteroatoms. The molecule has 6 rings (SSSR count). The molecule has 0 spiro atoms. The van der Waals surface area contributed by atoms with Gasteiger partial charge in [-0.05, 0) is 98.4 Å². The van der Waals surface area contributed by atoms with Gasteiger partial charge in [-0.15, -0.1) is 0 Å². The van der Waals surface area contributed by atoms with E-state index in [1.165, 1.54) is 12.0 Å². The van der Waals surface area contributed by atoms with Crippen molar-refractivity contribution in [2.75, 3.05) is 30.0 Å². The molecule has 4 aromatic rings. The van der Waals surface area contributed by atoms with Gasteiger partial charge in [-0.3, -0.25) is 4.98 Å². The van der Waals surface area contributed by atoms with Gasteiger partial charge < -0.3 is 24.4 Å². The number of nitrogens with zero attached hydrogens (tertiary/aromatic N) is 4. The predicted octanol–water partition coefficient (Wildman–Crippen LogP) is 7.81. The van der Waals surface area contributed by atoms with E-state index in [1.54, 1.807) is 7.11 Å². The van der Waals surface area contributed by atoms with Crippen molar-refractivity contribution in [1.82, 2.24) is 14.9 Å². The normalized spacial score (nSPS) is 22.4.